The Balaban J connectivity index is 1.45. The maximum atomic E-state index is 11.9. The molecule has 2 aromatic heterocycles. The lowest BCUT2D eigenvalue weighted by Gasteiger charge is -2.18. The summed E-state index contributed by atoms with van der Waals surface area (Å²) in [5, 5.41) is 9.19. The highest BCUT2D eigenvalue weighted by molar-refractivity contribution is 7.11. The maximum Gasteiger partial charge on any atom is 0.227 e. The molecule has 1 aromatic carbocycles. The van der Waals surface area contributed by atoms with Crippen molar-refractivity contribution < 1.29 is 4.79 Å². The van der Waals surface area contributed by atoms with E-state index in [0.29, 0.717) is 6.42 Å². The molecule has 0 bridgehead atoms. The Kier molecular flexibility index (Phi) is 5.90. The molecule has 146 valence electrons. The molecule has 1 aliphatic heterocycles. The van der Waals surface area contributed by atoms with Crippen LogP contribution in [-0.4, -0.2) is 17.4 Å². The van der Waals surface area contributed by atoms with E-state index in [0.717, 1.165) is 42.3 Å². The van der Waals surface area contributed by atoms with Crippen molar-refractivity contribution >= 4 is 34.3 Å². The SMILES string of the molecule is Cc1nc([C@@H](Cc2ccsc2)NCc2ccc(N3CCCC3=O)cc2)sc1C. The van der Waals surface area contributed by atoms with Crippen LogP contribution in [0.5, 0.6) is 0 Å². The third-order valence-corrected chi connectivity index (χ3v) is 7.16. The molecule has 0 radical (unpaired) electrons. The van der Waals surface area contributed by atoms with Crippen LogP contribution in [0.1, 0.15) is 45.6 Å². The van der Waals surface area contributed by atoms with Crippen LogP contribution >= 0.6 is 22.7 Å². The molecule has 1 aliphatic rings. The summed E-state index contributed by atoms with van der Waals surface area (Å²) in [6, 6.07) is 10.8. The Morgan fingerprint density at radius 3 is 2.61 bits per heavy atom. The Labute approximate surface area is 174 Å². The molecule has 28 heavy (non-hydrogen) atoms. The lowest BCUT2D eigenvalue weighted by atomic mass is 10.1. The number of carbonyl (C=O) groups excluding carboxylic acids is 1. The van der Waals surface area contributed by atoms with Crippen LogP contribution in [-0.2, 0) is 17.8 Å². The van der Waals surface area contributed by atoms with Gasteiger partial charge in [-0.15, -0.1) is 11.3 Å². The summed E-state index contributed by atoms with van der Waals surface area (Å²) in [5.41, 5.74) is 4.69. The molecule has 0 unspecified atom stereocenters. The number of benzene rings is 1. The summed E-state index contributed by atoms with van der Waals surface area (Å²) in [4.78, 5) is 19.9. The third-order valence-electron chi connectivity index (χ3n) is 5.24. The largest absolute Gasteiger partial charge is 0.312 e. The molecule has 1 saturated heterocycles. The first-order valence-corrected chi connectivity index (χ1v) is 11.4. The summed E-state index contributed by atoms with van der Waals surface area (Å²) < 4.78 is 0. The van der Waals surface area contributed by atoms with Gasteiger partial charge in [-0.1, -0.05) is 12.1 Å². The zero-order valence-electron chi connectivity index (χ0n) is 16.3. The molecule has 1 amide bonds. The van der Waals surface area contributed by atoms with Gasteiger partial charge >= 0.3 is 0 Å². The van der Waals surface area contributed by atoms with E-state index in [1.54, 1.807) is 22.7 Å². The van der Waals surface area contributed by atoms with Gasteiger partial charge in [-0.3, -0.25) is 4.79 Å². The van der Waals surface area contributed by atoms with E-state index in [1.807, 2.05) is 4.90 Å². The second kappa shape index (κ2) is 8.55. The molecule has 0 saturated carbocycles. The minimum absolute atomic E-state index is 0.201. The normalized spacial score (nSPS) is 15.4. The van der Waals surface area contributed by atoms with E-state index in [2.05, 4.69) is 60.3 Å². The zero-order valence-corrected chi connectivity index (χ0v) is 17.9. The van der Waals surface area contributed by atoms with Gasteiger partial charge < -0.3 is 10.2 Å². The van der Waals surface area contributed by atoms with Crippen molar-refractivity contribution in [2.75, 3.05) is 11.4 Å². The third kappa shape index (κ3) is 4.35. The predicted octanol–water partition coefficient (Wildman–Crippen LogP) is 5.02. The second-order valence-electron chi connectivity index (χ2n) is 7.28. The number of aryl methyl sites for hydroxylation is 2. The van der Waals surface area contributed by atoms with E-state index in [1.165, 1.54) is 16.0 Å². The van der Waals surface area contributed by atoms with Gasteiger partial charge in [0.1, 0.15) is 5.01 Å². The Bertz CT molecular complexity index is 912. The summed E-state index contributed by atoms with van der Waals surface area (Å²) in [7, 11) is 0. The van der Waals surface area contributed by atoms with Gasteiger partial charge in [-0.2, -0.15) is 11.3 Å². The van der Waals surface area contributed by atoms with Crippen molar-refractivity contribution in [3.05, 3.63) is 67.8 Å². The van der Waals surface area contributed by atoms with Crippen molar-refractivity contribution in [2.45, 2.75) is 45.7 Å². The molecule has 6 heteroatoms. The van der Waals surface area contributed by atoms with Crippen LogP contribution in [0.2, 0.25) is 0 Å². The first kappa shape index (κ1) is 19.3. The number of nitrogens with one attached hydrogen (secondary N) is 1. The molecule has 1 atom stereocenters. The lowest BCUT2D eigenvalue weighted by Crippen LogP contribution is -2.24. The smallest absolute Gasteiger partial charge is 0.227 e. The van der Waals surface area contributed by atoms with E-state index >= 15 is 0 Å². The number of thiazole rings is 1. The molecular weight excluding hydrogens is 386 g/mol. The number of nitrogens with zero attached hydrogens (tertiary/aromatic N) is 2. The number of hydrogen-bond acceptors (Lipinski definition) is 5. The van der Waals surface area contributed by atoms with E-state index in [4.69, 9.17) is 4.98 Å². The van der Waals surface area contributed by atoms with Gasteiger partial charge in [0.05, 0.1) is 11.7 Å². The van der Waals surface area contributed by atoms with Gasteiger partial charge in [0.2, 0.25) is 5.91 Å². The van der Waals surface area contributed by atoms with Gasteiger partial charge in [0, 0.05) is 30.1 Å². The first-order chi connectivity index (χ1) is 13.6. The predicted molar refractivity (Wildman–Crippen MR) is 117 cm³/mol. The minimum atomic E-state index is 0.201. The summed E-state index contributed by atoms with van der Waals surface area (Å²) >= 11 is 3.52. The number of anilines is 1. The van der Waals surface area contributed by atoms with E-state index < -0.39 is 0 Å². The molecule has 3 heterocycles. The van der Waals surface area contributed by atoms with Crippen LogP contribution in [0, 0.1) is 13.8 Å². The minimum Gasteiger partial charge on any atom is -0.312 e. The number of rotatable bonds is 7. The lowest BCUT2D eigenvalue weighted by molar-refractivity contribution is -0.117. The first-order valence-electron chi connectivity index (χ1n) is 9.68. The Morgan fingerprint density at radius 2 is 2.00 bits per heavy atom. The highest BCUT2D eigenvalue weighted by Crippen LogP contribution is 2.27. The number of thiophene rings is 1. The number of aromatic nitrogens is 1. The zero-order chi connectivity index (χ0) is 19.5. The van der Waals surface area contributed by atoms with Crippen molar-refractivity contribution in [2.24, 2.45) is 0 Å². The Morgan fingerprint density at radius 1 is 1.18 bits per heavy atom. The molecule has 4 nitrogen and oxygen atoms in total. The number of amides is 1. The monoisotopic (exact) mass is 411 g/mol. The van der Waals surface area contributed by atoms with Crippen LogP contribution < -0.4 is 10.2 Å². The average molecular weight is 412 g/mol. The highest BCUT2D eigenvalue weighted by Gasteiger charge is 2.21. The highest BCUT2D eigenvalue weighted by atomic mass is 32.1. The molecule has 1 fully saturated rings. The van der Waals surface area contributed by atoms with Crippen molar-refractivity contribution in [1.82, 2.24) is 10.3 Å². The summed E-state index contributed by atoms with van der Waals surface area (Å²) in [6.45, 7) is 5.83. The van der Waals surface area contributed by atoms with Gasteiger partial charge in [0.25, 0.3) is 0 Å². The van der Waals surface area contributed by atoms with E-state index in [-0.39, 0.29) is 11.9 Å². The number of hydrogen-bond donors (Lipinski definition) is 1. The van der Waals surface area contributed by atoms with Crippen LogP contribution in [0.4, 0.5) is 5.69 Å². The average Bonchev–Trinajstić information content (AvgIpc) is 3.42. The van der Waals surface area contributed by atoms with Gasteiger partial charge in [0.15, 0.2) is 0 Å². The fraction of sp³-hybridized carbons (Fsp3) is 0.364. The van der Waals surface area contributed by atoms with Crippen molar-refractivity contribution in [1.29, 1.82) is 0 Å². The molecule has 0 aliphatic carbocycles. The summed E-state index contributed by atoms with van der Waals surface area (Å²) in [5.74, 6) is 0.233. The fourth-order valence-corrected chi connectivity index (χ4v) is 5.17. The molecule has 4 rings (SSSR count). The van der Waals surface area contributed by atoms with Crippen LogP contribution in [0.25, 0.3) is 0 Å². The van der Waals surface area contributed by atoms with Gasteiger partial charge in [-0.05, 0) is 66.8 Å². The molecule has 1 N–H and O–H groups in total. The van der Waals surface area contributed by atoms with Crippen LogP contribution in [0.3, 0.4) is 0 Å². The maximum absolute atomic E-state index is 11.9. The van der Waals surface area contributed by atoms with E-state index in [9.17, 15) is 4.79 Å². The number of carbonyl (C=O) groups is 1. The standard InChI is InChI=1S/C22H25N3OS2/c1-15-16(2)28-22(24-15)20(12-18-9-11-27-14-18)23-13-17-5-7-19(8-6-17)25-10-3-4-21(25)26/h5-9,11,14,20,23H,3-4,10,12-13H2,1-2H3/t20-/m1/s1. The molecule has 0 spiro atoms. The topological polar surface area (TPSA) is 45.2 Å². The summed E-state index contributed by atoms with van der Waals surface area (Å²) in [6.07, 6.45) is 2.57. The van der Waals surface area contributed by atoms with Gasteiger partial charge in [-0.25, -0.2) is 4.98 Å². The van der Waals surface area contributed by atoms with Crippen LogP contribution in [0.15, 0.2) is 41.1 Å². The second-order valence-corrected chi connectivity index (χ2v) is 9.29. The molecular formula is C22H25N3OS2. The fourth-order valence-electron chi connectivity index (χ4n) is 3.49. The Hall–Kier alpha value is -2.02. The van der Waals surface area contributed by atoms with Crippen molar-refractivity contribution in [3.8, 4) is 0 Å². The van der Waals surface area contributed by atoms with Crippen molar-refractivity contribution in [3.63, 3.8) is 0 Å². The quantitative estimate of drug-likeness (QED) is 0.594. The molecule has 3 aromatic rings.